The maximum absolute atomic E-state index is 12.5. The summed E-state index contributed by atoms with van der Waals surface area (Å²) in [5.74, 6) is 0.441. The fourth-order valence-corrected chi connectivity index (χ4v) is 3.74. The van der Waals surface area contributed by atoms with Gasteiger partial charge >= 0.3 is 0 Å². The summed E-state index contributed by atoms with van der Waals surface area (Å²) in [7, 11) is -2.37. The van der Waals surface area contributed by atoms with Crippen LogP contribution in [0.25, 0.3) is 0 Å². The molecule has 0 saturated heterocycles. The Morgan fingerprint density at radius 1 is 1.11 bits per heavy atom. The molecule has 8 heteroatoms. The van der Waals surface area contributed by atoms with Crippen LogP contribution in [-0.2, 0) is 21.2 Å². The van der Waals surface area contributed by atoms with Gasteiger partial charge in [-0.1, -0.05) is 23.7 Å². The molecule has 1 N–H and O–H groups in total. The third-order valence-corrected chi connectivity index (χ3v) is 5.99. The van der Waals surface area contributed by atoms with Gasteiger partial charge in [0.25, 0.3) is 0 Å². The smallest absolute Gasteiger partial charge is 0.243 e. The molecule has 0 heterocycles. The van der Waals surface area contributed by atoms with E-state index in [2.05, 4.69) is 5.32 Å². The van der Waals surface area contributed by atoms with Gasteiger partial charge in [-0.2, -0.15) is 4.31 Å². The van der Waals surface area contributed by atoms with Crippen LogP contribution in [0.3, 0.4) is 0 Å². The number of rotatable bonds is 9. The van der Waals surface area contributed by atoms with Crippen LogP contribution in [0.5, 0.6) is 5.75 Å². The number of amides is 1. The number of nitrogens with zero attached hydrogens (tertiary/aromatic N) is 1. The summed E-state index contributed by atoms with van der Waals surface area (Å²) < 4.78 is 31.6. The zero-order valence-corrected chi connectivity index (χ0v) is 17.8. The minimum absolute atomic E-state index is 0.0934. The van der Waals surface area contributed by atoms with Crippen LogP contribution in [0.4, 0.5) is 0 Å². The minimum Gasteiger partial charge on any atom is -0.491 e. The molecule has 0 fully saturated rings. The average molecular weight is 425 g/mol. The highest BCUT2D eigenvalue weighted by Crippen LogP contribution is 2.17. The predicted molar refractivity (Wildman–Crippen MR) is 110 cm³/mol. The van der Waals surface area contributed by atoms with E-state index in [1.807, 2.05) is 38.1 Å². The van der Waals surface area contributed by atoms with E-state index >= 15 is 0 Å². The number of benzene rings is 2. The van der Waals surface area contributed by atoms with Crippen molar-refractivity contribution in [1.29, 1.82) is 0 Å². The molecule has 2 aromatic carbocycles. The number of hydrogen-bond acceptors (Lipinski definition) is 4. The van der Waals surface area contributed by atoms with Gasteiger partial charge in [0.1, 0.15) is 5.75 Å². The summed E-state index contributed by atoms with van der Waals surface area (Å²) in [5.41, 5.74) is 1.05. The Balaban J connectivity index is 1.82. The second kappa shape index (κ2) is 9.91. The molecule has 0 saturated carbocycles. The van der Waals surface area contributed by atoms with E-state index < -0.39 is 10.0 Å². The van der Waals surface area contributed by atoms with Crippen LogP contribution in [0.1, 0.15) is 19.4 Å². The number of halogens is 1. The zero-order chi connectivity index (χ0) is 20.7. The third-order valence-electron chi connectivity index (χ3n) is 3.92. The van der Waals surface area contributed by atoms with Crippen LogP contribution >= 0.6 is 11.6 Å². The van der Waals surface area contributed by atoms with E-state index in [0.29, 0.717) is 18.0 Å². The van der Waals surface area contributed by atoms with Gasteiger partial charge in [0.05, 0.1) is 17.5 Å². The highest BCUT2D eigenvalue weighted by Gasteiger charge is 2.22. The molecular formula is C20H25ClN2O4S. The van der Waals surface area contributed by atoms with Crippen LogP contribution in [-0.4, -0.2) is 44.9 Å². The van der Waals surface area contributed by atoms with E-state index in [1.165, 1.54) is 31.3 Å². The zero-order valence-electron chi connectivity index (χ0n) is 16.2. The fraction of sp³-hybridized carbons (Fsp3) is 0.350. The topological polar surface area (TPSA) is 75.7 Å². The number of carbonyl (C=O) groups excluding carboxylic acids is 1. The number of nitrogens with one attached hydrogen (secondary N) is 1. The first-order valence-corrected chi connectivity index (χ1v) is 10.7. The van der Waals surface area contributed by atoms with E-state index in [1.54, 1.807) is 0 Å². The van der Waals surface area contributed by atoms with Gasteiger partial charge in [0.15, 0.2) is 0 Å². The number of ether oxygens (including phenoxy) is 1. The Hall–Kier alpha value is -2.09. The average Bonchev–Trinajstić information content (AvgIpc) is 2.63. The Labute approximate surface area is 171 Å². The first kappa shape index (κ1) is 22.2. The molecule has 0 unspecified atom stereocenters. The molecule has 152 valence electrons. The summed E-state index contributed by atoms with van der Waals surface area (Å²) in [6.45, 7) is 4.09. The summed E-state index contributed by atoms with van der Waals surface area (Å²) in [5, 5.41) is 3.19. The largest absolute Gasteiger partial charge is 0.491 e. The Morgan fingerprint density at radius 2 is 1.71 bits per heavy atom. The Morgan fingerprint density at radius 3 is 2.29 bits per heavy atom. The maximum Gasteiger partial charge on any atom is 0.243 e. The van der Waals surface area contributed by atoms with Crippen molar-refractivity contribution in [2.75, 3.05) is 20.1 Å². The minimum atomic E-state index is -3.74. The molecule has 2 rings (SSSR count). The summed E-state index contributed by atoms with van der Waals surface area (Å²) in [4.78, 5) is 12.2. The van der Waals surface area contributed by atoms with Crippen LogP contribution in [0, 0.1) is 0 Å². The number of carbonyl (C=O) groups is 1. The van der Waals surface area contributed by atoms with E-state index in [0.717, 1.165) is 15.6 Å². The quantitative estimate of drug-likeness (QED) is 0.671. The van der Waals surface area contributed by atoms with Crippen LogP contribution in [0.2, 0.25) is 5.02 Å². The molecule has 0 atom stereocenters. The second-order valence-corrected chi connectivity index (χ2v) is 9.11. The molecule has 1 amide bonds. The first-order valence-electron chi connectivity index (χ1n) is 8.92. The van der Waals surface area contributed by atoms with Crippen molar-refractivity contribution in [1.82, 2.24) is 9.62 Å². The lowest BCUT2D eigenvalue weighted by Gasteiger charge is -2.17. The third kappa shape index (κ3) is 6.51. The van der Waals surface area contributed by atoms with Gasteiger partial charge in [-0.3, -0.25) is 4.79 Å². The highest BCUT2D eigenvalue weighted by atomic mass is 35.5. The summed E-state index contributed by atoms with van der Waals surface area (Å²) >= 11 is 5.78. The number of sulfonamides is 1. The molecule has 0 bridgehead atoms. The normalized spacial score (nSPS) is 11.6. The second-order valence-electron chi connectivity index (χ2n) is 6.63. The monoisotopic (exact) mass is 424 g/mol. The highest BCUT2D eigenvalue weighted by molar-refractivity contribution is 7.89. The fourth-order valence-electron chi connectivity index (χ4n) is 2.48. The van der Waals surface area contributed by atoms with Gasteiger partial charge < -0.3 is 10.1 Å². The molecule has 2 aromatic rings. The van der Waals surface area contributed by atoms with Gasteiger partial charge in [-0.15, -0.1) is 0 Å². The molecule has 0 aliphatic heterocycles. The number of hydrogen-bond donors (Lipinski definition) is 1. The van der Waals surface area contributed by atoms with Crippen molar-refractivity contribution in [3.05, 3.63) is 59.1 Å². The lowest BCUT2D eigenvalue weighted by molar-refractivity contribution is -0.121. The summed E-state index contributed by atoms with van der Waals surface area (Å²) in [6, 6.07) is 13.5. The predicted octanol–water partition coefficient (Wildman–Crippen LogP) is 3.11. The van der Waals surface area contributed by atoms with Crippen molar-refractivity contribution in [2.45, 2.75) is 31.3 Å². The maximum atomic E-state index is 12.5. The Kier molecular flexibility index (Phi) is 7.86. The van der Waals surface area contributed by atoms with Crippen molar-refractivity contribution < 1.29 is 17.9 Å². The molecule has 0 aliphatic carbocycles. The lowest BCUT2D eigenvalue weighted by Crippen LogP contribution is -2.39. The van der Waals surface area contributed by atoms with Crippen molar-refractivity contribution >= 4 is 27.5 Å². The molecule has 0 spiro atoms. The molecule has 0 aliphatic rings. The van der Waals surface area contributed by atoms with Gasteiger partial charge in [-0.25, -0.2) is 8.42 Å². The van der Waals surface area contributed by atoms with Gasteiger partial charge in [0, 0.05) is 18.6 Å². The van der Waals surface area contributed by atoms with Gasteiger partial charge in [-0.05, 0) is 62.2 Å². The molecule has 6 nitrogen and oxygen atoms in total. The lowest BCUT2D eigenvalue weighted by atomic mass is 10.1. The molecular weight excluding hydrogens is 400 g/mol. The van der Waals surface area contributed by atoms with Gasteiger partial charge in [0.2, 0.25) is 15.9 Å². The van der Waals surface area contributed by atoms with Crippen molar-refractivity contribution in [3.63, 3.8) is 0 Å². The number of likely N-dealkylation sites (N-methyl/N-ethyl adjacent to an activating group) is 1. The van der Waals surface area contributed by atoms with E-state index in [9.17, 15) is 13.2 Å². The van der Waals surface area contributed by atoms with Crippen molar-refractivity contribution in [2.24, 2.45) is 0 Å². The molecule has 0 aromatic heterocycles. The van der Waals surface area contributed by atoms with Crippen LogP contribution in [0.15, 0.2) is 53.4 Å². The van der Waals surface area contributed by atoms with Crippen LogP contribution < -0.4 is 10.1 Å². The van der Waals surface area contributed by atoms with E-state index in [4.69, 9.17) is 16.3 Å². The first-order chi connectivity index (χ1) is 13.2. The standard InChI is InChI=1S/C20H25ClN2O4S/c1-15(2)27-18-8-4-16(5-9-18)12-13-22-20(24)14-23(3)28(25,26)19-10-6-17(21)7-11-19/h4-11,15H,12-14H2,1-3H3,(H,22,24). The summed E-state index contributed by atoms with van der Waals surface area (Å²) in [6.07, 6.45) is 0.757. The van der Waals surface area contributed by atoms with Crippen molar-refractivity contribution in [3.8, 4) is 5.75 Å². The van der Waals surface area contributed by atoms with E-state index in [-0.39, 0.29) is 23.5 Å². The Bertz CT molecular complexity index is 881. The molecule has 28 heavy (non-hydrogen) atoms. The SMILES string of the molecule is CC(C)Oc1ccc(CCNC(=O)CN(C)S(=O)(=O)c2ccc(Cl)cc2)cc1. The molecule has 0 radical (unpaired) electrons.